The zero-order valence-corrected chi connectivity index (χ0v) is 12.3. The number of carbonyl (C=O) groups is 1. The van der Waals surface area contributed by atoms with Crippen LogP contribution >= 0.6 is 11.6 Å². The molecule has 1 atom stereocenters. The molecule has 2 aromatic rings. The molecule has 5 heteroatoms. The van der Waals surface area contributed by atoms with Crippen molar-refractivity contribution in [1.29, 1.82) is 0 Å². The molecule has 0 aliphatic heterocycles. The summed E-state index contributed by atoms with van der Waals surface area (Å²) < 4.78 is 11.7. The number of benzene rings is 2. The second kappa shape index (κ2) is 6.68. The maximum absolute atomic E-state index is 11.7. The summed E-state index contributed by atoms with van der Waals surface area (Å²) in [7, 11) is -1.27. The van der Waals surface area contributed by atoms with Crippen LogP contribution in [0.2, 0.25) is 5.02 Å². The number of hydrogen-bond acceptors (Lipinski definition) is 2. The van der Waals surface area contributed by atoms with E-state index in [1.165, 1.54) is 0 Å². The second-order valence-corrected chi connectivity index (χ2v) is 6.30. The topological polar surface area (TPSA) is 60.2 Å². The molecule has 2 rings (SSSR count). The molecule has 0 spiro atoms. The van der Waals surface area contributed by atoms with Gasteiger partial charge < -0.3 is 5.73 Å². The average Bonchev–Trinajstić information content (AvgIpc) is 2.38. The first-order valence-corrected chi connectivity index (χ1v) is 7.89. The summed E-state index contributed by atoms with van der Waals surface area (Å²) in [5, 5.41) is 0.687. The van der Waals surface area contributed by atoms with E-state index in [0.29, 0.717) is 10.8 Å². The van der Waals surface area contributed by atoms with Crippen molar-refractivity contribution in [3.8, 4) is 11.1 Å². The Hall–Kier alpha value is -1.65. The highest BCUT2D eigenvalue weighted by Gasteiger charge is 2.06. The molecule has 104 valence electrons. The lowest BCUT2D eigenvalue weighted by Crippen LogP contribution is -2.20. The first-order valence-electron chi connectivity index (χ1n) is 6.03. The molecule has 0 bridgehead atoms. The van der Waals surface area contributed by atoms with E-state index in [1.54, 1.807) is 0 Å². The summed E-state index contributed by atoms with van der Waals surface area (Å²) in [6, 6.07) is 15.2. The molecular weight excluding hydrogens is 294 g/mol. The second-order valence-electron chi connectivity index (χ2n) is 4.40. The van der Waals surface area contributed by atoms with Crippen molar-refractivity contribution < 1.29 is 9.00 Å². The predicted octanol–water partition coefficient (Wildman–Crippen LogP) is 2.74. The summed E-state index contributed by atoms with van der Waals surface area (Å²) in [4.78, 5) is 10.7. The Morgan fingerprint density at radius 1 is 1.10 bits per heavy atom. The van der Waals surface area contributed by atoms with Crippen LogP contribution in [0, 0.1) is 0 Å². The molecule has 0 heterocycles. The molecule has 0 saturated heterocycles. The number of carbonyl (C=O) groups excluding carboxylic acids is 1. The predicted molar refractivity (Wildman–Crippen MR) is 82.8 cm³/mol. The summed E-state index contributed by atoms with van der Waals surface area (Å²) in [5.41, 5.74) is 8.01. The van der Waals surface area contributed by atoms with Crippen LogP contribution in [0.15, 0.2) is 48.5 Å². The van der Waals surface area contributed by atoms with Crippen LogP contribution in [-0.2, 0) is 21.3 Å². The minimum absolute atomic E-state index is 0.106. The van der Waals surface area contributed by atoms with Gasteiger partial charge in [-0.15, -0.1) is 0 Å². The van der Waals surface area contributed by atoms with Gasteiger partial charge >= 0.3 is 0 Å². The molecule has 0 fully saturated rings. The van der Waals surface area contributed by atoms with E-state index in [0.717, 1.165) is 16.7 Å². The fraction of sp³-hybridized carbons (Fsp3) is 0.133. The van der Waals surface area contributed by atoms with E-state index in [-0.39, 0.29) is 5.75 Å². The molecule has 0 saturated carbocycles. The van der Waals surface area contributed by atoms with Crippen molar-refractivity contribution in [3.63, 3.8) is 0 Å². The normalized spacial score (nSPS) is 12.1. The van der Waals surface area contributed by atoms with E-state index < -0.39 is 16.7 Å². The van der Waals surface area contributed by atoms with Gasteiger partial charge in [-0.25, -0.2) is 0 Å². The lowest BCUT2D eigenvalue weighted by atomic mass is 10.0. The lowest BCUT2D eigenvalue weighted by Gasteiger charge is -2.05. The largest absolute Gasteiger partial charge is 0.369 e. The van der Waals surface area contributed by atoms with Gasteiger partial charge in [-0.1, -0.05) is 48.0 Å². The van der Waals surface area contributed by atoms with E-state index in [4.69, 9.17) is 17.3 Å². The minimum Gasteiger partial charge on any atom is -0.369 e. The monoisotopic (exact) mass is 307 g/mol. The van der Waals surface area contributed by atoms with Gasteiger partial charge in [0, 0.05) is 21.6 Å². The molecule has 0 radical (unpaired) electrons. The maximum Gasteiger partial charge on any atom is 0.230 e. The molecule has 0 aliphatic rings. The van der Waals surface area contributed by atoms with Crippen molar-refractivity contribution in [2.45, 2.75) is 5.75 Å². The fourth-order valence-corrected chi connectivity index (χ4v) is 2.98. The van der Waals surface area contributed by atoms with E-state index >= 15 is 0 Å². The SMILES string of the molecule is NC(=O)C[S@@](=O)Cc1cccc(-c2ccc(Cl)cc2)c1. The van der Waals surface area contributed by atoms with Gasteiger partial charge in [0.1, 0.15) is 5.75 Å². The number of primary amides is 1. The fourth-order valence-electron chi connectivity index (χ4n) is 1.88. The smallest absolute Gasteiger partial charge is 0.230 e. The molecular formula is C15H14ClNO2S. The van der Waals surface area contributed by atoms with Crippen LogP contribution in [0.3, 0.4) is 0 Å². The molecule has 0 aromatic heterocycles. The van der Waals surface area contributed by atoms with Gasteiger partial charge in [-0.05, 0) is 28.8 Å². The van der Waals surface area contributed by atoms with Gasteiger partial charge in [0.25, 0.3) is 0 Å². The van der Waals surface area contributed by atoms with Crippen molar-refractivity contribution in [3.05, 3.63) is 59.1 Å². The van der Waals surface area contributed by atoms with Gasteiger partial charge in [0.2, 0.25) is 5.91 Å². The molecule has 2 aromatic carbocycles. The average molecular weight is 308 g/mol. The van der Waals surface area contributed by atoms with E-state index in [1.807, 2.05) is 48.5 Å². The minimum atomic E-state index is -1.27. The molecule has 2 N–H and O–H groups in total. The number of hydrogen-bond donors (Lipinski definition) is 1. The number of halogens is 1. The van der Waals surface area contributed by atoms with Crippen molar-refractivity contribution in [2.24, 2.45) is 5.73 Å². The Balaban J connectivity index is 2.17. The first-order chi connectivity index (χ1) is 9.54. The third-order valence-corrected chi connectivity index (χ3v) is 4.25. The van der Waals surface area contributed by atoms with Crippen molar-refractivity contribution in [1.82, 2.24) is 0 Å². The molecule has 0 unspecified atom stereocenters. The van der Waals surface area contributed by atoms with Crippen LogP contribution in [0.5, 0.6) is 0 Å². The Labute approximate surface area is 125 Å². The standard InChI is InChI=1S/C15H14ClNO2S/c16-14-6-4-12(5-7-14)13-3-1-2-11(8-13)9-20(19)10-15(17)18/h1-8H,9-10H2,(H2,17,18)/t20-/m0/s1. The van der Waals surface area contributed by atoms with Crippen LogP contribution in [0.25, 0.3) is 11.1 Å². The molecule has 3 nitrogen and oxygen atoms in total. The van der Waals surface area contributed by atoms with Gasteiger partial charge in [0.15, 0.2) is 0 Å². The summed E-state index contributed by atoms with van der Waals surface area (Å²) in [6.07, 6.45) is 0. The zero-order chi connectivity index (χ0) is 14.5. The summed E-state index contributed by atoms with van der Waals surface area (Å²) in [6.45, 7) is 0. The van der Waals surface area contributed by atoms with Crippen LogP contribution in [0.4, 0.5) is 0 Å². The summed E-state index contributed by atoms with van der Waals surface area (Å²) in [5.74, 6) is -0.326. The van der Waals surface area contributed by atoms with Gasteiger partial charge in [-0.3, -0.25) is 9.00 Å². The Bertz CT molecular complexity index is 641. The quantitative estimate of drug-likeness (QED) is 0.923. The Morgan fingerprint density at radius 2 is 1.80 bits per heavy atom. The molecule has 0 aliphatic carbocycles. The van der Waals surface area contributed by atoms with Crippen LogP contribution < -0.4 is 5.73 Å². The van der Waals surface area contributed by atoms with Crippen molar-refractivity contribution in [2.75, 3.05) is 5.75 Å². The number of amides is 1. The number of nitrogens with two attached hydrogens (primary N) is 1. The van der Waals surface area contributed by atoms with Gasteiger partial charge in [0.05, 0.1) is 0 Å². The Kier molecular flexibility index (Phi) is 4.93. The zero-order valence-electron chi connectivity index (χ0n) is 10.7. The van der Waals surface area contributed by atoms with E-state index in [9.17, 15) is 9.00 Å². The van der Waals surface area contributed by atoms with Crippen molar-refractivity contribution >= 4 is 28.3 Å². The lowest BCUT2D eigenvalue weighted by molar-refractivity contribution is -0.115. The van der Waals surface area contributed by atoms with Gasteiger partial charge in [-0.2, -0.15) is 0 Å². The molecule has 20 heavy (non-hydrogen) atoms. The Morgan fingerprint density at radius 3 is 2.45 bits per heavy atom. The van der Waals surface area contributed by atoms with Crippen LogP contribution in [-0.4, -0.2) is 15.9 Å². The maximum atomic E-state index is 11.7. The highest BCUT2D eigenvalue weighted by Crippen LogP contribution is 2.22. The summed E-state index contributed by atoms with van der Waals surface area (Å²) >= 11 is 5.86. The third-order valence-electron chi connectivity index (χ3n) is 2.74. The highest BCUT2D eigenvalue weighted by molar-refractivity contribution is 7.84. The number of rotatable bonds is 5. The van der Waals surface area contributed by atoms with Crippen LogP contribution in [0.1, 0.15) is 5.56 Å². The first kappa shape index (κ1) is 14.8. The van der Waals surface area contributed by atoms with E-state index in [2.05, 4.69) is 0 Å². The third kappa shape index (κ3) is 4.18. The molecule has 1 amide bonds. The highest BCUT2D eigenvalue weighted by atomic mass is 35.5.